The third-order valence-corrected chi connectivity index (χ3v) is 8.48. The summed E-state index contributed by atoms with van der Waals surface area (Å²) >= 11 is 13.8. The normalized spacial score (nSPS) is 21.6. The van der Waals surface area contributed by atoms with Gasteiger partial charge >= 0.3 is 0 Å². The SMILES string of the molecule is O=C(CC1CCNCC1)N1CCC(C2=C3NC=C(Br)C=C3C=Cc3cc(Cl)cc(Br)c32)CC1. The number of dihydropyridines is 1. The van der Waals surface area contributed by atoms with Crippen LogP contribution in [-0.2, 0) is 4.79 Å². The molecule has 33 heavy (non-hydrogen) atoms. The minimum Gasteiger partial charge on any atom is -0.360 e. The third kappa shape index (κ3) is 5.04. The fourth-order valence-electron chi connectivity index (χ4n) is 5.45. The van der Waals surface area contributed by atoms with Gasteiger partial charge in [-0.15, -0.1) is 0 Å². The first-order valence-electron chi connectivity index (χ1n) is 11.7. The molecule has 1 aromatic carbocycles. The summed E-state index contributed by atoms with van der Waals surface area (Å²) in [5.74, 6) is 1.23. The van der Waals surface area contributed by atoms with Crippen LogP contribution < -0.4 is 10.6 Å². The zero-order chi connectivity index (χ0) is 22.9. The highest BCUT2D eigenvalue weighted by Gasteiger charge is 2.32. The second-order valence-corrected chi connectivity index (χ2v) is 11.5. The number of nitrogens with zero attached hydrogens (tertiary/aromatic N) is 1. The Hall–Kier alpha value is -1.34. The second-order valence-electron chi connectivity index (χ2n) is 9.30. The Balaban J connectivity index is 1.40. The van der Waals surface area contributed by atoms with Gasteiger partial charge in [0.1, 0.15) is 0 Å². The maximum absolute atomic E-state index is 13.0. The first-order chi connectivity index (χ1) is 16.0. The van der Waals surface area contributed by atoms with Gasteiger partial charge in [-0.05, 0) is 101 Å². The summed E-state index contributed by atoms with van der Waals surface area (Å²) in [7, 11) is 0. The van der Waals surface area contributed by atoms with E-state index in [1.165, 1.54) is 11.1 Å². The lowest BCUT2D eigenvalue weighted by Crippen LogP contribution is -2.40. The van der Waals surface area contributed by atoms with Crippen molar-refractivity contribution in [2.45, 2.75) is 32.1 Å². The first-order valence-corrected chi connectivity index (χ1v) is 13.7. The van der Waals surface area contributed by atoms with Crippen molar-refractivity contribution in [2.24, 2.45) is 11.8 Å². The number of hydrogen-bond donors (Lipinski definition) is 2. The Bertz CT molecular complexity index is 1080. The summed E-state index contributed by atoms with van der Waals surface area (Å²) in [6, 6.07) is 4.02. The quantitative estimate of drug-likeness (QED) is 0.437. The molecule has 0 radical (unpaired) electrons. The Morgan fingerprint density at radius 1 is 1.09 bits per heavy atom. The fourth-order valence-corrected chi connectivity index (χ4v) is 6.86. The molecule has 0 unspecified atom stereocenters. The number of amides is 1. The van der Waals surface area contributed by atoms with Crippen LogP contribution in [0, 0.1) is 11.8 Å². The molecule has 2 saturated heterocycles. The molecule has 0 atom stereocenters. The smallest absolute Gasteiger partial charge is 0.222 e. The molecule has 4 nitrogen and oxygen atoms in total. The lowest BCUT2D eigenvalue weighted by molar-refractivity contribution is -0.133. The largest absolute Gasteiger partial charge is 0.360 e. The zero-order valence-corrected chi connectivity index (χ0v) is 22.4. The average molecular weight is 594 g/mol. The Morgan fingerprint density at radius 3 is 2.61 bits per heavy atom. The topological polar surface area (TPSA) is 44.4 Å². The van der Waals surface area contributed by atoms with Crippen LogP contribution in [0.3, 0.4) is 0 Å². The number of hydrogen-bond acceptors (Lipinski definition) is 3. The molecule has 0 bridgehead atoms. The minimum absolute atomic E-state index is 0.331. The number of allylic oxidation sites excluding steroid dienone is 4. The van der Waals surface area contributed by atoms with Crippen LogP contribution in [0.25, 0.3) is 11.6 Å². The predicted molar refractivity (Wildman–Crippen MR) is 143 cm³/mol. The maximum Gasteiger partial charge on any atom is 0.222 e. The Labute approximate surface area is 217 Å². The number of likely N-dealkylation sites (tertiary alicyclic amines) is 1. The molecule has 7 heteroatoms. The van der Waals surface area contributed by atoms with E-state index in [9.17, 15) is 4.79 Å². The monoisotopic (exact) mass is 591 g/mol. The lowest BCUT2D eigenvalue weighted by atomic mass is 9.81. The molecule has 0 aromatic heterocycles. The van der Waals surface area contributed by atoms with Crippen LogP contribution in [0.2, 0.25) is 5.02 Å². The van der Waals surface area contributed by atoms with Gasteiger partial charge in [0.15, 0.2) is 0 Å². The summed E-state index contributed by atoms with van der Waals surface area (Å²) < 4.78 is 2.03. The molecule has 1 amide bonds. The van der Waals surface area contributed by atoms with Gasteiger partial charge in [-0.1, -0.05) is 39.7 Å². The van der Waals surface area contributed by atoms with Crippen LogP contribution in [0.15, 0.2) is 50.7 Å². The summed E-state index contributed by atoms with van der Waals surface area (Å²) in [4.78, 5) is 15.1. The minimum atomic E-state index is 0.331. The lowest BCUT2D eigenvalue weighted by Gasteiger charge is -2.36. The molecule has 174 valence electrons. The number of benzene rings is 1. The van der Waals surface area contributed by atoms with E-state index in [2.05, 4.69) is 65.6 Å². The van der Waals surface area contributed by atoms with Crippen LogP contribution in [0.4, 0.5) is 0 Å². The molecule has 3 aliphatic heterocycles. The van der Waals surface area contributed by atoms with Gasteiger partial charge in [0.2, 0.25) is 5.91 Å². The number of carbonyl (C=O) groups excluding carboxylic acids is 1. The molecule has 5 rings (SSSR count). The zero-order valence-electron chi connectivity index (χ0n) is 18.5. The predicted octanol–water partition coefficient (Wildman–Crippen LogP) is 6.23. The van der Waals surface area contributed by atoms with Crippen LogP contribution in [0.1, 0.15) is 43.2 Å². The van der Waals surface area contributed by atoms with Crippen molar-refractivity contribution in [3.05, 3.63) is 66.9 Å². The highest BCUT2D eigenvalue weighted by atomic mass is 79.9. The van der Waals surface area contributed by atoms with Crippen molar-refractivity contribution < 1.29 is 4.79 Å². The van der Waals surface area contributed by atoms with E-state index in [4.69, 9.17) is 11.6 Å². The van der Waals surface area contributed by atoms with Crippen LogP contribution in [-0.4, -0.2) is 37.0 Å². The highest BCUT2D eigenvalue weighted by Crippen LogP contribution is 2.44. The van der Waals surface area contributed by atoms with Crippen molar-refractivity contribution in [1.82, 2.24) is 15.5 Å². The summed E-state index contributed by atoms with van der Waals surface area (Å²) in [5, 5.41) is 7.65. The van der Waals surface area contributed by atoms with Crippen LogP contribution in [0.5, 0.6) is 0 Å². The van der Waals surface area contributed by atoms with Gasteiger partial charge in [-0.2, -0.15) is 0 Å². The van der Waals surface area contributed by atoms with Crippen molar-refractivity contribution in [3.8, 4) is 0 Å². The molecule has 2 N–H and O–H groups in total. The van der Waals surface area contributed by atoms with Gasteiger partial charge in [0.25, 0.3) is 0 Å². The molecule has 4 aliphatic rings. The molecular formula is C26H28Br2ClN3O. The van der Waals surface area contributed by atoms with E-state index in [-0.39, 0.29) is 0 Å². The molecule has 2 fully saturated rings. The number of halogens is 3. The summed E-state index contributed by atoms with van der Waals surface area (Å²) in [6.45, 7) is 3.71. The number of nitrogens with one attached hydrogen (secondary N) is 2. The van der Waals surface area contributed by atoms with Crippen molar-refractivity contribution >= 4 is 61.0 Å². The van der Waals surface area contributed by atoms with Crippen molar-refractivity contribution in [1.29, 1.82) is 0 Å². The molecule has 0 spiro atoms. The second kappa shape index (κ2) is 10.1. The van der Waals surface area contributed by atoms with Crippen molar-refractivity contribution in [2.75, 3.05) is 26.2 Å². The van der Waals surface area contributed by atoms with Gasteiger partial charge < -0.3 is 15.5 Å². The molecule has 0 saturated carbocycles. The number of piperidine rings is 2. The summed E-state index contributed by atoms with van der Waals surface area (Å²) in [5.41, 5.74) is 5.94. The highest BCUT2D eigenvalue weighted by molar-refractivity contribution is 9.12. The molecule has 3 heterocycles. The van der Waals surface area contributed by atoms with E-state index in [1.54, 1.807) is 0 Å². The molecular weight excluding hydrogens is 566 g/mol. The maximum atomic E-state index is 13.0. The Morgan fingerprint density at radius 2 is 1.85 bits per heavy atom. The summed E-state index contributed by atoms with van der Waals surface area (Å²) in [6.07, 6.45) is 13.3. The van der Waals surface area contributed by atoms with Gasteiger partial charge in [0, 0.05) is 50.9 Å². The first kappa shape index (κ1) is 23.4. The van der Waals surface area contributed by atoms with E-state index in [0.29, 0.717) is 24.2 Å². The van der Waals surface area contributed by atoms with Crippen LogP contribution >= 0.6 is 43.5 Å². The fraction of sp³-hybridized carbons (Fsp3) is 0.423. The third-order valence-electron chi connectivity index (χ3n) is 7.18. The number of fused-ring (bicyclic) bond motifs is 2. The standard InChI is InChI=1S/C26H28Br2ClN3O/c27-20-12-19-2-1-18-13-21(29)14-22(28)24(18)25(26(19)31-15-20)17-5-9-32(10-6-17)23(33)11-16-3-7-30-8-4-16/h1-2,12-17,30-31H,3-11H2. The number of carbonyl (C=O) groups is 1. The van der Waals surface area contributed by atoms with E-state index < -0.39 is 0 Å². The Kier molecular flexibility index (Phi) is 7.17. The van der Waals surface area contributed by atoms with Gasteiger partial charge in [-0.25, -0.2) is 0 Å². The number of rotatable bonds is 3. The van der Waals surface area contributed by atoms with E-state index >= 15 is 0 Å². The van der Waals surface area contributed by atoms with Crippen molar-refractivity contribution in [3.63, 3.8) is 0 Å². The van der Waals surface area contributed by atoms with Gasteiger partial charge in [-0.3, -0.25) is 4.79 Å². The van der Waals surface area contributed by atoms with E-state index in [1.807, 2.05) is 18.3 Å². The van der Waals surface area contributed by atoms with Gasteiger partial charge in [0.05, 0.1) is 0 Å². The molecule has 1 aromatic rings. The molecule has 1 aliphatic carbocycles. The average Bonchev–Trinajstić information content (AvgIpc) is 2.96. The van der Waals surface area contributed by atoms with E-state index in [0.717, 1.165) is 82.7 Å².